The fraction of sp³-hybridized carbons (Fsp3) is 0.350. The summed E-state index contributed by atoms with van der Waals surface area (Å²) < 4.78 is 10.5. The van der Waals surface area contributed by atoms with Crippen molar-refractivity contribution in [3.05, 3.63) is 60.2 Å². The molecule has 2 aromatic rings. The van der Waals surface area contributed by atoms with Gasteiger partial charge in [-0.1, -0.05) is 30.3 Å². The summed E-state index contributed by atoms with van der Waals surface area (Å²) >= 11 is 0. The summed E-state index contributed by atoms with van der Waals surface area (Å²) in [7, 11) is 1.65. The zero-order valence-corrected chi connectivity index (χ0v) is 14.9. The standard InChI is InChI=1S/C20H26N2O3/c1-3-22(18-7-5-4-6-8-18)16-20(23)21-15-17-9-11-19(12-10-17)25-14-13-24-2/h4-12H,3,13-16H2,1-2H3,(H,21,23). The molecule has 1 amide bonds. The van der Waals surface area contributed by atoms with Crippen molar-refractivity contribution in [2.24, 2.45) is 0 Å². The number of hydrogen-bond donors (Lipinski definition) is 1. The highest BCUT2D eigenvalue weighted by molar-refractivity contribution is 5.81. The number of ether oxygens (including phenoxy) is 2. The molecule has 0 heterocycles. The molecule has 2 rings (SSSR count). The van der Waals surface area contributed by atoms with Crippen molar-refractivity contribution in [1.29, 1.82) is 0 Å². The predicted octanol–water partition coefficient (Wildman–Crippen LogP) is 2.85. The predicted molar refractivity (Wildman–Crippen MR) is 100.0 cm³/mol. The van der Waals surface area contributed by atoms with Crippen LogP contribution in [-0.4, -0.2) is 39.3 Å². The lowest BCUT2D eigenvalue weighted by Gasteiger charge is -2.22. The third-order valence-electron chi connectivity index (χ3n) is 3.81. The minimum atomic E-state index is 0.00567. The van der Waals surface area contributed by atoms with Crippen LogP contribution in [0.2, 0.25) is 0 Å². The molecular formula is C20H26N2O3. The highest BCUT2D eigenvalue weighted by atomic mass is 16.5. The summed E-state index contributed by atoms with van der Waals surface area (Å²) in [5.41, 5.74) is 2.09. The molecule has 5 nitrogen and oxygen atoms in total. The van der Waals surface area contributed by atoms with Crippen LogP contribution in [0.15, 0.2) is 54.6 Å². The maximum atomic E-state index is 12.2. The summed E-state index contributed by atoms with van der Waals surface area (Å²) in [6, 6.07) is 17.7. The molecule has 0 bridgehead atoms. The lowest BCUT2D eigenvalue weighted by Crippen LogP contribution is -2.36. The van der Waals surface area contributed by atoms with Crippen molar-refractivity contribution in [3.63, 3.8) is 0 Å². The van der Waals surface area contributed by atoms with Crippen LogP contribution < -0.4 is 15.0 Å². The van der Waals surface area contributed by atoms with Gasteiger partial charge in [0.25, 0.3) is 0 Å². The van der Waals surface area contributed by atoms with E-state index in [1.807, 2.05) is 66.4 Å². The van der Waals surface area contributed by atoms with E-state index in [2.05, 4.69) is 5.32 Å². The van der Waals surface area contributed by atoms with Gasteiger partial charge in [0.2, 0.25) is 5.91 Å². The first-order valence-electron chi connectivity index (χ1n) is 8.50. The van der Waals surface area contributed by atoms with Crippen molar-refractivity contribution in [1.82, 2.24) is 5.32 Å². The van der Waals surface area contributed by atoms with E-state index in [0.29, 0.717) is 26.3 Å². The molecule has 134 valence electrons. The van der Waals surface area contributed by atoms with Gasteiger partial charge in [-0.3, -0.25) is 4.79 Å². The highest BCUT2D eigenvalue weighted by Gasteiger charge is 2.09. The van der Waals surface area contributed by atoms with E-state index in [1.54, 1.807) is 7.11 Å². The highest BCUT2D eigenvalue weighted by Crippen LogP contribution is 2.13. The monoisotopic (exact) mass is 342 g/mol. The number of carbonyl (C=O) groups is 1. The van der Waals surface area contributed by atoms with Crippen LogP contribution in [0, 0.1) is 0 Å². The third kappa shape index (κ3) is 6.47. The molecule has 5 heteroatoms. The van der Waals surface area contributed by atoms with Crippen LogP contribution in [-0.2, 0) is 16.1 Å². The maximum Gasteiger partial charge on any atom is 0.239 e. The number of likely N-dealkylation sites (N-methyl/N-ethyl adjacent to an activating group) is 1. The SMILES string of the molecule is CCN(CC(=O)NCc1ccc(OCCOC)cc1)c1ccccc1. The average molecular weight is 342 g/mol. The Kier molecular flexibility index (Phi) is 7.79. The van der Waals surface area contributed by atoms with Crippen LogP contribution in [0.5, 0.6) is 5.75 Å². The molecule has 0 fully saturated rings. The Morgan fingerprint density at radius 3 is 2.40 bits per heavy atom. The molecule has 0 saturated carbocycles. The first kappa shape index (κ1) is 18.8. The Hall–Kier alpha value is -2.53. The molecule has 2 aromatic carbocycles. The van der Waals surface area contributed by atoms with Crippen LogP contribution in [0.1, 0.15) is 12.5 Å². The smallest absolute Gasteiger partial charge is 0.239 e. The minimum absolute atomic E-state index is 0.00567. The Bertz CT molecular complexity index is 629. The lowest BCUT2D eigenvalue weighted by molar-refractivity contribution is -0.119. The molecule has 0 aliphatic rings. The molecule has 0 saturated heterocycles. The van der Waals surface area contributed by atoms with E-state index in [-0.39, 0.29) is 5.91 Å². The Morgan fingerprint density at radius 1 is 1.04 bits per heavy atom. The quantitative estimate of drug-likeness (QED) is 0.675. The molecule has 0 spiro atoms. The van der Waals surface area contributed by atoms with Crippen LogP contribution >= 0.6 is 0 Å². The topological polar surface area (TPSA) is 50.8 Å². The van der Waals surface area contributed by atoms with Crippen LogP contribution in [0.3, 0.4) is 0 Å². The molecule has 1 N–H and O–H groups in total. The van der Waals surface area contributed by atoms with Gasteiger partial charge in [0.1, 0.15) is 12.4 Å². The second-order valence-corrected chi connectivity index (χ2v) is 5.61. The average Bonchev–Trinajstić information content (AvgIpc) is 2.66. The fourth-order valence-corrected chi connectivity index (χ4v) is 2.40. The number of nitrogens with one attached hydrogen (secondary N) is 1. The Labute approximate surface area is 149 Å². The normalized spacial score (nSPS) is 10.3. The number of amides is 1. The van der Waals surface area contributed by atoms with E-state index in [4.69, 9.17) is 9.47 Å². The number of anilines is 1. The summed E-state index contributed by atoms with van der Waals surface area (Å²) in [5.74, 6) is 0.805. The van der Waals surface area contributed by atoms with Gasteiger partial charge >= 0.3 is 0 Å². The first-order valence-corrected chi connectivity index (χ1v) is 8.50. The molecule has 0 aliphatic heterocycles. The second kappa shape index (κ2) is 10.4. The number of carbonyl (C=O) groups excluding carboxylic acids is 1. The minimum Gasteiger partial charge on any atom is -0.491 e. The second-order valence-electron chi connectivity index (χ2n) is 5.61. The summed E-state index contributed by atoms with van der Waals surface area (Å²) in [6.45, 7) is 4.77. The maximum absolute atomic E-state index is 12.2. The van der Waals surface area contributed by atoms with Gasteiger partial charge < -0.3 is 19.7 Å². The molecule has 25 heavy (non-hydrogen) atoms. The fourth-order valence-electron chi connectivity index (χ4n) is 2.40. The number of rotatable bonds is 10. The molecular weight excluding hydrogens is 316 g/mol. The van der Waals surface area contributed by atoms with Crippen molar-refractivity contribution >= 4 is 11.6 Å². The third-order valence-corrected chi connectivity index (χ3v) is 3.81. The summed E-state index contributed by atoms with van der Waals surface area (Å²) in [5, 5.41) is 2.96. The van der Waals surface area contributed by atoms with Gasteiger partial charge in [-0.25, -0.2) is 0 Å². The van der Waals surface area contributed by atoms with Crippen LogP contribution in [0.25, 0.3) is 0 Å². The number of para-hydroxylation sites is 1. The zero-order chi connectivity index (χ0) is 17.9. The van der Waals surface area contributed by atoms with Gasteiger partial charge in [0.05, 0.1) is 13.2 Å². The van der Waals surface area contributed by atoms with E-state index < -0.39 is 0 Å². The summed E-state index contributed by atoms with van der Waals surface area (Å²) in [4.78, 5) is 14.3. The van der Waals surface area contributed by atoms with E-state index in [1.165, 1.54) is 0 Å². The van der Waals surface area contributed by atoms with Crippen molar-refractivity contribution in [3.8, 4) is 5.75 Å². The lowest BCUT2D eigenvalue weighted by atomic mass is 10.2. The first-order chi connectivity index (χ1) is 12.2. The molecule has 0 aromatic heterocycles. The van der Waals surface area contributed by atoms with Crippen LogP contribution in [0.4, 0.5) is 5.69 Å². The van der Waals surface area contributed by atoms with Gasteiger partial charge in [-0.15, -0.1) is 0 Å². The van der Waals surface area contributed by atoms with E-state index in [9.17, 15) is 4.79 Å². The Morgan fingerprint density at radius 2 is 1.76 bits per heavy atom. The molecule has 0 unspecified atom stereocenters. The van der Waals surface area contributed by atoms with Crippen molar-refractivity contribution in [2.75, 3.05) is 38.3 Å². The van der Waals surface area contributed by atoms with Crippen molar-refractivity contribution < 1.29 is 14.3 Å². The van der Waals surface area contributed by atoms with Crippen molar-refractivity contribution in [2.45, 2.75) is 13.5 Å². The molecule has 0 atom stereocenters. The number of hydrogen-bond acceptors (Lipinski definition) is 4. The van der Waals surface area contributed by atoms with Gasteiger partial charge in [-0.2, -0.15) is 0 Å². The summed E-state index contributed by atoms with van der Waals surface area (Å²) in [6.07, 6.45) is 0. The molecule has 0 aliphatic carbocycles. The van der Waals surface area contributed by atoms with Gasteiger partial charge in [0.15, 0.2) is 0 Å². The molecule has 0 radical (unpaired) electrons. The van der Waals surface area contributed by atoms with Gasteiger partial charge in [-0.05, 0) is 36.8 Å². The number of nitrogens with zero attached hydrogens (tertiary/aromatic N) is 1. The zero-order valence-electron chi connectivity index (χ0n) is 14.9. The van der Waals surface area contributed by atoms with E-state index >= 15 is 0 Å². The number of benzene rings is 2. The Balaban J connectivity index is 1.79. The number of methoxy groups -OCH3 is 1. The van der Waals surface area contributed by atoms with E-state index in [0.717, 1.165) is 23.5 Å². The van der Waals surface area contributed by atoms with Gasteiger partial charge in [0, 0.05) is 25.9 Å². The largest absolute Gasteiger partial charge is 0.491 e.